The van der Waals surface area contributed by atoms with Crippen molar-refractivity contribution >= 4 is 35.1 Å². The molecule has 0 aromatic carbocycles. The second-order valence-electron chi connectivity index (χ2n) is 8.97. The highest BCUT2D eigenvalue weighted by Gasteiger charge is 2.31. The first-order valence-electron chi connectivity index (χ1n) is 10.5. The van der Waals surface area contributed by atoms with E-state index in [-0.39, 0.29) is 19.1 Å². The van der Waals surface area contributed by atoms with Gasteiger partial charge in [0.05, 0.1) is 13.2 Å². The van der Waals surface area contributed by atoms with Gasteiger partial charge in [-0.05, 0) is 72.9 Å². The SMILES string of the molecule is CCOC(=O)CCCCCN(CCN(C(=O)OC(C)(C)C)C(=O)OC(C)(C)C)C(=O)Cl. The van der Waals surface area contributed by atoms with Gasteiger partial charge in [0.1, 0.15) is 11.2 Å². The van der Waals surface area contributed by atoms with Gasteiger partial charge in [0, 0.05) is 19.5 Å². The van der Waals surface area contributed by atoms with Crippen LogP contribution in [0.1, 0.15) is 74.1 Å². The number of unbranched alkanes of at least 4 members (excludes halogenated alkanes) is 2. The third-order valence-corrected chi connectivity index (χ3v) is 3.92. The lowest BCUT2D eigenvalue weighted by Gasteiger charge is -2.30. The highest BCUT2D eigenvalue weighted by Crippen LogP contribution is 2.15. The second kappa shape index (κ2) is 13.4. The average Bonchev–Trinajstić information content (AvgIpc) is 2.56. The molecule has 0 heterocycles. The van der Waals surface area contributed by atoms with Gasteiger partial charge in [0.2, 0.25) is 0 Å². The van der Waals surface area contributed by atoms with E-state index in [1.807, 2.05) is 0 Å². The van der Waals surface area contributed by atoms with E-state index < -0.39 is 28.8 Å². The van der Waals surface area contributed by atoms with E-state index in [1.165, 1.54) is 4.90 Å². The average molecular weight is 465 g/mol. The quantitative estimate of drug-likeness (QED) is 0.148. The lowest BCUT2D eigenvalue weighted by Crippen LogP contribution is -2.47. The first kappa shape index (κ1) is 29.0. The summed E-state index contributed by atoms with van der Waals surface area (Å²) in [6.45, 7) is 12.4. The molecule has 0 fully saturated rings. The molecule has 180 valence electrons. The lowest BCUT2D eigenvalue weighted by atomic mass is 10.2. The van der Waals surface area contributed by atoms with Crippen LogP contribution in [0.15, 0.2) is 0 Å². The van der Waals surface area contributed by atoms with E-state index in [2.05, 4.69) is 0 Å². The van der Waals surface area contributed by atoms with Crippen molar-refractivity contribution in [2.45, 2.75) is 85.4 Å². The number of ether oxygens (including phenoxy) is 3. The minimum atomic E-state index is -0.863. The zero-order valence-electron chi connectivity index (χ0n) is 19.8. The van der Waals surface area contributed by atoms with Crippen molar-refractivity contribution in [2.75, 3.05) is 26.2 Å². The van der Waals surface area contributed by atoms with Crippen molar-refractivity contribution < 1.29 is 33.4 Å². The maximum atomic E-state index is 12.5. The van der Waals surface area contributed by atoms with Crippen LogP contribution in [0.3, 0.4) is 0 Å². The first-order chi connectivity index (χ1) is 14.2. The molecule has 9 nitrogen and oxygen atoms in total. The Morgan fingerprint density at radius 2 is 1.29 bits per heavy atom. The minimum Gasteiger partial charge on any atom is -0.466 e. The second-order valence-corrected chi connectivity index (χ2v) is 9.29. The van der Waals surface area contributed by atoms with Crippen LogP contribution in [0.2, 0.25) is 0 Å². The Labute approximate surface area is 190 Å². The number of hydrogen-bond acceptors (Lipinski definition) is 7. The highest BCUT2D eigenvalue weighted by molar-refractivity contribution is 6.62. The molecule has 0 bridgehead atoms. The number of hydrogen-bond donors (Lipinski definition) is 0. The molecule has 0 unspecified atom stereocenters. The number of nitrogens with zero attached hydrogens (tertiary/aromatic N) is 2. The Hall–Kier alpha value is -2.03. The van der Waals surface area contributed by atoms with E-state index in [0.29, 0.717) is 38.8 Å². The molecule has 0 saturated heterocycles. The lowest BCUT2D eigenvalue weighted by molar-refractivity contribution is -0.143. The predicted molar refractivity (Wildman–Crippen MR) is 117 cm³/mol. The molecule has 0 spiro atoms. The summed E-state index contributed by atoms with van der Waals surface area (Å²) in [7, 11) is 0. The van der Waals surface area contributed by atoms with Crippen LogP contribution in [0.25, 0.3) is 0 Å². The van der Waals surface area contributed by atoms with Crippen molar-refractivity contribution in [1.82, 2.24) is 9.80 Å². The standard InChI is InChI=1S/C21H37ClN2O7/c1-8-29-16(25)12-10-9-11-13-23(17(22)26)14-15-24(18(27)30-20(2,3)4)19(28)31-21(5,6)7/h8-15H2,1-7H3. The molecule has 0 N–H and O–H groups in total. The number of rotatable bonds is 10. The highest BCUT2D eigenvalue weighted by atomic mass is 35.5. The number of imide groups is 1. The van der Waals surface area contributed by atoms with Gasteiger partial charge in [-0.2, -0.15) is 0 Å². The van der Waals surface area contributed by atoms with Gasteiger partial charge < -0.3 is 19.1 Å². The number of halogens is 1. The summed E-state index contributed by atoms with van der Waals surface area (Å²) in [5.41, 5.74) is -1.61. The van der Waals surface area contributed by atoms with Gasteiger partial charge in [-0.1, -0.05) is 6.42 Å². The third kappa shape index (κ3) is 14.6. The van der Waals surface area contributed by atoms with Gasteiger partial charge >= 0.3 is 23.5 Å². The minimum absolute atomic E-state index is 0.0265. The zero-order valence-corrected chi connectivity index (χ0v) is 20.5. The monoisotopic (exact) mass is 464 g/mol. The first-order valence-corrected chi connectivity index (χ1v) is 10.9. The van der Waals surface area contributed by atoms with E-state index in [1.54, 1.807) is 48.5 Å². The Balaban J connectivity index is 4.90. The van der Waals surface area contributed by atoms with Crippen LogP contribution in [-0.4, -0.2) is 70.8 Å². The molecule has 0 radical (unpaired) electrons. The predicted octanol–water partition coefficient (Wildman–Crippen LogP) is 4.94. The van der Waals surface area contributed by atoms with Crippen LogP contribution < -0.4 is 0 Å². The van der Waals surface area contributed by atoms with E-state index in [4.69, 9.17) is 25.8 Å². The third-order valence-electron chi connectivity index (χ3n) is 3.68. The number of esters is 1. The molecule has 0 aliphatic carbocycles. The molecule has 0 saturated carbocycles. The Kier molecular flexibility index (Phi) is 12.5. The summed E-state index contributed by atoms with van der Waals surface area (Å²) >= 11 is 5.67. The molecule has 31 heavy (non-hydrogen) atoms. The van der Waals surface area contributed by atoms with Gasteiger partial charge in [0.25, 0.3) is 0 Å². The van der Waals surface area contributed by atoms with Crippen molar-refractivity contribution in [2.24, 2.45) is 0 Å². The summed E-state index contributed by atoms with van der Waals surface area (Å²) in [6.07, 6.45) is 0.521. The summed E-state index contributed by atoms with van der Waals surface area (Å²) in [5.74, 6) is -0.252. The smallest absolute Gasteiger partial charge is 0.419 e. The van der Waals surface area contributed by atoms with Gasteiger partial charge in [0.15, 0.2) is 0 Å². The van der Waals surface area contributed by atoms with Gasteiger partial charge in [-0.25, -0.2) is 14.5 Å². The van der Waals surface area contributed by atoms with E-state index in [9.17, 15) is 19.2 Å². The van der Waals surface area contributed by atoms with Gasteiger partial charge in [-0.15, -0.1) is 0 Å². The molecule has 3 amide bonds. The Morgan fingerprint density at radius 1 is 0.774 bits per heavy atom. The van der Waals surface area contributed by atoms with Crippen molar-refractivity contribution in [1.29, 1.82) is 0 Å². The van der Waals surface area contributed by atoms with E-state index in [0.717, 1.165) is 4.90 Å². The van der Waals surface area contributed by atoms with Crippen molar-refractivity contribution in [3.05, 3.63) is 0 Å². The fourth-order valence-corrected chi connectivity index (χ4v) is 2.55. The van der Waals surface area contributed by atoms with Crippen LogP contribution in [0.5, 0.6) is 0 Å². The van der Waals surface area contributed by atoms with Crippen LogP contribution in [0, 0.1) is 0 Å². The van der Waals surface area contributed by atoms with E-state index >= 15 is 0 Å². The molecule has 10 heteroatoms. The van der Waals surface area contributed by atoms with Crippen LogP contribution in [0.4, 0.5) is 14.4 Å². The largest absolute Gasteiger partial charge is 0.466 e. The summed E-state index contributed by atoms with van der Waals surface area (Å²) < 4.78 is 15.4. The normalized spacial score (nSPS) is 11.5. The number of amides is 3. The Morgan fingerprint density at radius 3 is 1.71 bits per heavy atom. The fraction of sp³-hybridized carbons (Fsp3) is 0.810. The summed E-state index contributed by atoms with van der Waals surface area (Å²) in [4.78, 5) is 50.3. The molecule has 0 aliphatic rings. The molecular weight excluding hydrogens is 428 g/mol. The topological polar surface area (TPSA) is 102 Å². The Bertz CT molecular complexity index is 584. The molecule has 0 aromatic heterocycles. The maximum Gasteiger partial charge on any atom is 0.419 e. The van der Waals surface area contributed by atoms with Crippen LogP contribution >= 0.6 is 11.6 Å². The molecular formula is C21H37ClN2O7. The summed E-state index contributed by atoms with van der Waals surface area (Å²) in [6, 6.07) is 0. The maximum absolute atomic E-state index is 12.5. The van der Waals surface area contributed by atoms with Gasteiger partial charge in [-0.3, -0.25) is 9.59 Å². The van der Waals surface area contributed by atoms with Crippen LogP contribution in [-0.2, 0) is 19.0 Å². The summed E-state index contributed by atoms with van der Waals surface area (Å²) in [5, 5.41) is -0.696. The molecule has 0 aliphatic heterocycles. The fourth-order valence-electron chi connectivity index (χ4n) is 2.38. The molecule has 0 rings (SSSR count). The van der Waals surface area contributed by atoms with Crippen molar-refractivity contribution in [3.63, 3.8) is 0 Å². The molecule has 0 aromatic rings. The number of carbonyl (C=O) groups is 4. The number of carbonyl (C=O) groups excluding carboxylic acids is 4. The zero-order chi connectivity index (χ0) is 24.2. The van der Waals surface area contributed by atoms with Crippen molar-refractivity contribution in [3.8, 4) is 0 Å². The molecule has 0 atom stereocenters.